The smallest absolute Gasteiger partial charge is 0.340 e. The van der Waals surface area contributed by atoms with Crippen LogP contribution >= 0.6 is 0 Å². The van der Waals surface area contributed by atoms with Gasteiger partial charge < -0.3 is 10.2 Å². The summed E-state index contributed by atoms with van der Waals surface area (Å²) in [6, 6.07) is 12.4. The molecule has 8 heteroatoms. The van der Waals surface area contributed by atoms with Crippen LogP contribution in [-0.4, -0.2) is 17.0 Å². The van der Waals surface area contributed by atoms with E-state index >= 15 is 0 Å². The first-order valence-electron chi connectivity index (χ1n) is 8.01. The summed E-state index contributed by atoms with van der Waals surface area (Å²) in [6.45, 7) is 1.88. The van der Waals surface area contributed by atoms with Crippen molar-refractivity contribution < 1.29 is 17.6 Å². The van der Waals surface area contributed by atoms with Gasteiger partial charge in [-0.15, -0.1) is 0 Å². The molecule has 1 heterocycles. The summed E-state index contributed by atoms with van der Waals surface area (Å²) in [4.78, 5) is 9.34. The van der Waals surface area contributed by atoms with Crippen LogP contribution in [-0.2, 0) is 6.18 Å². The fourth-order valence-corrected chi connectivity index (χ4v) is 2.39. The van der Waals surface area contributed by atoms with Gasteiger partial charge in [-0.1, -0.05) is 17.7 Å². The number of aryl methyl sites for hydroxylation is 1. The number of anilines is 4. The molecule has 27 heavy (non-hydrogen) atoms. The molecule has 0 saturated carbocycles. The molecule has 0 radical (unpaired) electrons. The number of nitrogens with one attached hydrogen (secondary N) is 1. The van der Waals surface area contributed by atoms with Crippen LogP contribution in [0.2, 0.25) is 0 Å². The van der Waals surface area contributed by atoms with Crippen molar-refractivity contribution in [3.05, 3.63) is 71.7 Å². The Morgan fingerprint density at radius 2 is 1.59 bits per heavy atom. The summed E-state index contributed by atoms with van der Waals surface area (Å²) in [5, 5.41) is 2.70. The molecule has 1 aromatic heterocycles. The Morgan fingerprint density at radius 1 is 0.963 bits per heavy atom. The SMILES string of the molecule is Cc1ccc(Nc2nc(N(C)c3ccc(F)cc3)ncc2C(F)(F)F)cc1. The Hall–Kier alpha value is -3.16. The maximum absolute atomic E-state index is 13.3. The molecule has 0 unspecified atom stereocenters. The number of rotatable bonds is 4. The van der Waals surface area contributed by atoms with Crippen molar-refractivity contribution in [2.24, 2.45) is 0 Å². The van der Waals surface area contributed by atoms with Crippen LogP contribution in [0.1, 0.15) is 11.1 Å². The highest BCUT2D eigenvalue weighted by Gasteiger charge is 2.35. The average Bonchev–Trinajstić information content (AvgIpc) is 2.63. The van der Waals surface area contributed by atoms with Gasteiger partial charge in [0.1, 0.15) is 17.2 Å². The number of aromatic nitrogens is 2. The second kappa shape index (κ2) is 7.22. The van der Waals surface area contributed by atoms with Crippen LogP contribution in [0.25, 0.3) is 0 Å². The monoisotopic (exact) mass is 376 g/mol. The summed E-state index contributed by atoms with van der Waals surface area (Å²) in [6.07, 6.45) is -3.88. The van der Waals surface area contributed by atoms with Crippen molar-refractivity contribution in [2.45, 2.75) is 13.1 Å². The zero-order valence-electron chi connectivity index (χ0n) is 14.5. The van der Waals surface area contributed by atoms with E-state index in [-0.39, 0.29) is 11.8 Å². The molecule has 0 atom stereocenters. The maximum Gasteiger partial charge on any atom is 0.421 e. The fraction of sp³-hybridized carbons (Fsp3) is 0.158. The summed E-state index contributed by atoms with van der Waals surface area (Å²) >= 11 is 0. The summed E-state index contributed by atoms with van der Waals surface area (Å²) in [5.41, 5.74) is 1.02. The van der Waals surface area contributed by atoms with Gasteiger partial charge in [-0.2, -0.15) is 18.2 Å². The summed E-state index contributed by atoms with van der Waals surface area (Å²) in [5.74, 6) is -0.725. The number of benzene rings is 2. The van der Waals surface area contributed by atoms with Crippen LogP contribution < -0.4 is 10.2 Å². The van der Waals surface area contributed by atoms with Gasteiger partial charge in [-0.05, 0) is 43.3 Å². The van der Waals surface area contributed by atoms with Crippen molar-refractivity contribution >= 4 is 23.1 Å². The van der Waals surface area contributed by atoms with Gasteiger partial charge in [0.15, 0.2) is 0 Å². The van der Waals surface area contributed by atoms with Gasteiger partial charge in [0.05, 0.1) is 0 Å². The van der Waals surface area contributed by atoms with Gasteiger partial charge in [-0.3, -0.25) is 0 Å². The number of nitrogens with zero attached hydrogens (tertiary/aromatic N) is 3. The Morgan fingerprint density at radius 3 is 2.19 bits per heavy atom. The molecule has 140 valence electrons. The topological polar surface area (TPSA) is 41.1 Å². The first-order valence-corrected chi connectivity index (χ1v) is 8.01. The molecule has 0 spiro atoms. The molecule has 0 aliphatic carbocycles. The lowest BCUT2D eigenvalue weighted by Gasteiger charge is -2.20. The van der Waals surface area contributed by atoms with E-state index in [9.17, 15) is 17.6 Å². The molecule has 3 rings (SSSR count). The largest absolute Gasteiger partial charge is 0.421 e. The van der Waals surface area contributed by atoms with Crippen LogP contribution in [0.4, 0.5) is 40.7 Å². The van der Waals surface area contributed by atoms with Crippen LogP contribution in [0.3, 0.4) is 0 Å². The third-order valence-corrected chi connectivity index (χ3v) is 3.91. The van der Waals surface area contributed by atoms with Crippen molar-refractivity contribution in [3.63, 3.8) is 0 Å². The van der Waals surface area contributed by atoms with Gasteiger partial charge in [0.2, 0.25) is 5.95 Å². The Bertz CT molecular complexity index is 922. The number of alkyl halides is 3. The van der Waals surface area contributed by atoms with Gasteiger partial charge >= 0.3 is 6.18 Å². The zero-order chi connectivity index (χ0) is 19.6. The van der Waals surface area contributed by atoms with Crippen molar-refractivity contribution in [1.29, 1.82) is 0 Å². The summed E-state index contributed by atoms with van der Waals surface area (Å²) < 4.78 is 53.1. The van der Waals surface area contributed by atoms with Gasteiger partial charge in [-0.25, -0.2) is 9.37 Å². The standard InChI is InChI=1S/C19H16F4N4/c1-12-3-7-14(8-4-12)25-17-16(19(21,22)23)11-24-18(26-17)27(2)15-9-5-13(20)6-10-15/h3-11H,1-2H3,(H,24,25,26). The minimum absolute atomic E-state index is 0.0456. The predicted molar refractivity (Wildman–Crippen MR) is 96.0 cm³/mol. The molecule has 2 aromatic carbocycles. The summed E-state index contributed by atoms with van der Waals surface area (Å²) in [7, 11) is 1.59. The zero-order valence-corrected chi connectivity index (χ0v) is 14.5. The second-order valence-electron chi connectivity index (χ2n) is 5.96. The number of hydrogen-bond donors (Lipinski definition) is 1. The molecule has 0 aliphatic heterocycles. The normalized spacial score (nSPS) is 11.3. The van der Waals surface area contributed by atoms with Gasteiger partial charge in [0, 0.05) is 24.6 Å². The van der Waals surface area contributed by atoms with Crippen molar-refractivity contribution in [2.75, 3.05) is 17.3 Å². The molecule has 0 saturated heterocycles. The average molecular weight is 376 g/mol. The minimum Gasteiger partial charge on any atom is -0.340 e. The van der Waals surface area contributed by atoms with Crippen LogP contribution in [0.5, 0.6) is 0 Å². The molecule has 3 aromatic rings. The van der Waals surface area contributed by atoms with E-state index in [1.165, 1.54) is 29.2 Å². The molecule has 4 nitrogen and oxygen atoms in total. The first-order chi connectivity index (χ1) is 12.7. The number of hydrogen-bond acceptors (Lipinski definition) is 4. The molecule has 0 amide bonds. The highest BCUT2D eigenvalue weighted by Crippen LogP contribution is 2.36. The Balaban J connectivity index is 1.99. The fourth-order valence-electron chi connectivity index (χ4n) is 2.39. The van der Waals surface area contributed by atoms with Crippen LogP contribution in [0, 0.1) is 12.7 Å². The quantitative estimate of drug-likeness (QED) is 0.615. The van der Waals surface area contributed by atoms with Crippen molar-refractivity contribution in [1.82, 2.24) is 9.97 Å². The Labute approximate surface area is 153 Å². The molecular weight excluding hydrogens is 360 g/mol. The van der Waals surface area contributed by atoms with E-state index in [0.717, 1.165) is 11.8 Å². The third kappa shape index (κ3) is 4.33. The van der Waals surface area contributed by atoms with E-state index in [4.69, 9.17) is 0 Å². The molecular formula is C19H16F4N4. The first kappa shape index (κ1) is 18.6. The van der Waals surface area contributed by atoms with E-state index < -0.39 is 17.6 Å². The highest BCUT2D eigenvalue weighted by molar-refractivity contribution is 5.63. The van der Waals surface area contributed by atoms with E-state index in [1.807, 2.05) is 6.92 Å². The van der Waals surface area contributed by atoms with Crippen LogP contribution in [0.15, 0.2) is 54.7 Å². The lowest BCUT2D eigenvalue weighted by Crippen LogP contribution is -2.17. The van der Waals surface area contributed by atoms with E-state index in [0.29, 0.717) is 11.4 Å². The lowest BCUT2D eigenvalue weighted by atomic mass is 10.2. The molecule has 0 fully saturated rings. The highest BCUT2D eigenvalue weighted by atomic mass is 19.4. The molecule has 0 bridgehead atoms. The maximum atomic E-state index is 13.3. The minimum atomic E-state index is -4.61. The van der Waals surface area contributed by atoms with Gasteiger partial charge in [0.25, 0.3) is 0 Å². The molecule has 0 aliphatic rings. The predicted octanol–water partition coefficient (Wildman–Crippen LogP) is 5.45. The second-order valence-corrected chi connectivity index (χ2v) is 5.96. The van der Waals surface area contributed by atoms with E-state index in [2.05, 4.69) is 15.3 Å². The number of halogens is 4. The van der Waals surface area contributed by atoms with Crippen molar-refractivity contribution in [3.8, 4) is 0 Å². The molecule has 1 N–H and O–H groups in total. The lowest BCUT2D eigenvalue weighted by molar-refractivity contribution is -0.137. The third-order valence-electron chi connectivity index (χ3n) is 3.91. The van der Waals surface area contributed by atoms with E-state index in [1.54, 1.807) is 31.3 Å². The Kier molecular flexibility index (Phi) is 4.98.